The van der Waals surface area contributed by atoms with Crippen LogP contribution in [0.1, 0.15) is 0 Å². The second-order valence-corrected chi connectivity index (χ2v) is 9.86. The third kappa shape index (κ3) is 5.82. The van der Waals surface area contributed by atoms with Crippen LogP contribution in [0.2, 0.25) is 0 Å². The van der Waals surface area contributed by atoms with Crippen LogP contribution in [0, 0.1) is 0 Å². The van der Waals surface area contributed by atoms with E-state index in [4.69, 9.17) is 9.47 Å². The van der Waals surface area contributed by atoms with Crippen LogP contribution in [-0.4, -0.2) is 72.6 Å². The molecular weight excluding hydrogens is 438 g/mol. The zero-order valence-electron chi connectivity index (χ0n) is 17.6. The highest BCUT2D eigenvalue weighted by molar-refractivity contribution is 7.99. The van der Waals surface area contributed by atoms with Crippen molar-refractivity contribution in [2.24, 2.45) is 0 Å². The van der Waals surface area contributed by atoms with Crippen LogP contribution >= 0.6 is 11.8 Å². The Hall–Kier alpha value is -2.47. The van der Waals surface area contributed by atoms with Crippen molar-refractivity contribution in [1.82, 2.24) is 24.1 Å². The summed E-state index contributed by atoms with van der Waals surface area (Å²) in [5.41, 5.74) is 0.939. The molecule has 0 aliphatic rings. The van der Waals surface area contributed by atoms with Crippen LogP contribution in [0.5, 0.6) is 5.75 Å². The Kier molecular flexibility index (Phi) is 8.02. The molecule has 0 radical (unpaired) electrons. The molecule has 0 aliphatic heterocycles. The highest BCUT2D eigenvalue weighted by Gasteiger charge is 2.17. The third-order valence-electron chi connectivity index (χ3n) is 4.36. The summed E-state index contributed by atoms with van der Waals surface area (Å²) >= 11 is 1.53. The van der Waals surface area contributed by atoms with E-state index >= 15 is 0 Å². The number of rotatable bonds is 11. The van der Waals surface area contributed by atoms with Crippen molar-refractivity contribution < 1.29 is 17.9 Å². The van der Waals surface area contributed by atoms with E-state index < -0.39 is 10.0 Å². The van der Waals surface area contributed by atoms with Gasteiger partial charge in [-0.05, 0) is 36.4 Å². The van der Waals surface area contributed by atoms with Crippen LogP contribution in [0.25, 0.3) is 11.4 Å². The lowest BCUT2D eigenvalue weighted by Gasteiger charge is -2.12. The fourth-order valence-corrected chi connectivity index (χ4v) is 4.39. The maximum Gasteiger partial charge on any atom is 0.242 e. The molecule has 0 saturated carbocycles. The molecule has 3 rings (SSSR count). The summed E-state index contributed by atoms with van der Waals surface area (Å²) in [6.45, 7) is 1.61. The van der Waals surface area contributed by atoms with Gasteiger partial charge in [0.05, 0.1) is 24.7 Å². The number of pyridine rings is 1. The fourth-order valence-electron chi connectivity index (χ4n) is 2.71. The van der Waals surface area contributed by atoms with Gasteiger partial charge in [-0.3, -0.25) is 9.55 Å². The van der Waals surface area contributed by atoms with Gasteiger partial charge in [-0.15, -0.1) is 10.2 Å². The van der Waals surface area contributed by atoms with Gasteiger partial charge in [0.25, 0.3) is 0 Å². The van der Waals surface area contributed by atoms with Crippen LogP contribution in [0.15, 0.2) is 58.8 Å². The summed E-state index contributed by atoms with van der Waals surface area (Å²) in [6, 6.07) is 10.2. The Balaban J connectivity index is 1.60. The van der Waals surface area contributed by atoms with Gasteiger partial charge >= 0.3 is 0 Å². The molecule has 2 heterocycles. The lowest BCUT2D eigenvalue weighted by atomic mass is 10.2. The summed E-state index contributed by atoms with van der Waals surface area (Å²) in [5.74, 6) is 2.02. The van der Waals surface area contributed by atoms with Gasteiger partial charge in [0.2, 0.25) is 10.0 Å². The molecule has 0 bridgehead atoms. The predicted molar refractivity (Wildman–Crippen MR) is 119 cm³/mol. The van der Waals surface area contributed by atoms with E-state index in [0.29, 0.717) is 31.3 Å². The van der Waals surface area contributed by atoms with Gasteiger partial charge in [-0.2, -0.15) is 0 Å². The Morgan fingerprint density at radius 2 is 1.74 bits per heavy atom. The Morgan fingerprint density at radius 3 is 2.39 bits per heavy atom. The monoisotopic (exact) mass is 463 g/mol. The first-order chi connectivity index (χ1) is 14.9. The average molecular weight is 464 g/mol. The number of aromatic nitrogens is 4. The summed E-state index contributed by atoms with van der Waals surface area (Å²) in [5, 5.41) is 9.43. The molecule has 31 heavy (non-hydrogen) atoms. The molecule has 166 valence electrons. The Morgan fingerprint density at radius 1 is 1.03 bits per heavy atom. The Bertz CT molecular complexity index is 1070. The van der Waals surface area contributed by atoms with E-state index in [9.17, 15) is 8.42 Å². The van der Waals surface area contributed by atoms with E-state index in [2.05, 4.69) is 15.2 Å². The van der Waals surface area contributed by atoms with Crippen molar-refractivity contribution in [1.29, 1.82) is 0 Å². The standard InChI is InChI=1S/C20H25N5O4S2/c1-24(2)31(26,27)18-6-4-17(5-7-18)29-14-15-30-20-23-22-19(25(20)12-13-28-3)16-8-10-21-11-9-16/h4-11H,12-15H2,1-3H3. The van der Waals surface area contributed by atoms with Gasteiger partial charge in [0.1, 0.15) is 5.75 Å². The first kappa shape index (κ1) is 23.2. The van der Waals surface area contributed by atoms with Gasteiger partial charge in [0, 0.05) is 44.9 Å². The van der Waals surface area contributed by atoms with Crippen LogP contribution in [0.4, 0.5) is 0 Å². The van der Waals surface area contributed by atoms with Gasteiger partial charge in [-0.25, -0.2) is 12.7 Å². The summed E-state index contributed by atoms with van der Waals surface area (Å²) < 4.78 is 38.4. The van der Waals surface area contributed by atoms with Crippen LogP contribution in [0.3, 0.4) is 0 Å². The lowest BCUT2D eigenvalue weighted by molar-refractivity contribution is 0.185. The number of methoxy groups -OCH3 is 1. The van der Waals surface area contributed by atoms with E-state index in [-0.39, 0.29) is 4.90 Å². The second kappa shape index (κ2) is 10.7. The number of sulfonamides is 1. The summed E-state index contributed by atoms with van der Waals surface area (Å²) in [6.07, 6.45) is 3.45. The van der Waals surface area contributed by atoms with Gasteiger partial charge < -0.3 is 9.47 Å². The predicted octanol–water partition coefficient (Wildman–Crippen LogP) is 2.41. The molecule has 0 saturated heterocycles. The number of hydrogen-bond donors (Lipinski definition) is 0. The first-order valence-corrected chi connectivity index (χ1v) is 12.0. The van der Waals surface area contributed by atoms with Gasteiger partial charge in [-0.1, -0.05) is 11.8 Å². The molecule has 0 fully saturated rings. The number of thioether (sulfide) groups is 1. The number of hydrogen-bond acceptors (Lipinski definition) is 8. The Labute approximate surface area is 186 Å². The molecular formula is C20H25N5O4S2. The first-order valence-electron chi connectivity index (χ1n) is 9.54. The van der Waals surface area contributed by atoms with Crippen molar-refractivity contribution in [2.75, 3.05) is 40.2 Å². The normalized spacial score (nSPS) is 11.7. The molecule has 0 aliphatic carbocycles. The molecule has 1 aromatic carbocycles. The summed E-state index contributed by atoms with van der Waals surface area (Å²) in [7, 11) is 1.22. The molecule has 0 N–H and O–H groups in total. The molecule has 0 spiro atoms. The molecule has 11 heteroatoms. The molecule has 0 amide bonds. The zero-order valence-corrected chi connectivity index (χ0v) is 19.3. The van der Waals surface area contributed by atoms with Crippen LogP contribution in [-0.2, 0) is 21.3 Å². The van der Waals surface area contributed by atoms with Crippen molar-refractivity contribution in [3.63, 3.8) is 0 Å². The zero-order chi connectivity index (χ0) is 22.3. The minimum atomic E-state index is -3.45. The molecule has 3 aromatic rings. The third-order valence-corrected chi connectivity index (χ3v) is 7.12. The molecule has 0 atom stereocenters. The highest BCUT2D eigenvalue weighted by atomic mass is 32.2. The largest absolute Gasteiger partial charge is 0.493 e. The number of benzene rings is 1. The topological polar surface area (TPSA) is 99.4 Å². The smallest absolute Gasteiger partial charge is 0.242 e. The molecule has 0 unspecified atom stereocenters. The van der Waals surface area contributed by atoms with E-state index in [1.165, 1.54) is 30.2 Å². The average Bonchev–Trinajstić information content (AvgIpc) is 3.18. The molecule has 9 nitrogen and oxygen atoms in total. The second-order valence-electron chi connectivity index (χ2n) is 6.64. The summed E-state index contributed by atoms with van der Waals surface area (Å²) in [4.78, 5) is 4.28. The van der Waals surface area contributed by atoms with Crippen molar-refractivity contribution in [2.45, 2.75) is 16.6 Å². The lowest BCUT2D eigenvalue weighted by Crippen LogP contribution is -2.22. The minimum Gasteiger partial charge on any atom is -0.493 e. The van der Waals surface area contributed by atoms with Gasteiger partial charge in [0.15, 0.2) is 11.0 Å². The number of ether oxygens (including phenoxy) is 2. The quantitative estimate of drug-likeness (QED) is 0.316. The highest BCUT2D eigenvalue weighted by Crippen LogP contribution is 2.24. The van der Waals surface area contributed by atoms with E-state index in [1.807, 2.05) is 16.7 Å². The van der Waals surface area contributed by atoms with E-state index in [1.54, 1.807) is 43.8 Å². The maximum atomic E-state index is 12.1. The SMILES string of the molecule is COCCn1c(SCCOc2ccc(S(=O)(=O)N(C)C)cc2)nnc1-c1ccncc1. The van der Waals surface area contributed by atoms with E-state index in [0.717, 1.165) is 16.5 Å². The fraction of sp³-hybridized carbons (Fsp3) is 0.350. The maximum absolute atomic E-state index is 12.1. The van der Waals surface area contributed by atoms with Crippen LogP contribution < -0.4 is 4.74 Å². The van der Waals surface area contributed by atoms with Crippen molar-refractivity contribution in [3.8, 4) is 17.1 Å². The van der Waals surface area contributed by atoms with Crippen molar-refractivity contribution >= 4 is 21.8 Å². The molecule has 2 aromatic heterocycles. The van der Waals surface area contributed by atoms with Crippen molar-refractivity contribution in [3.05, 3.63) is 48.8 Å². The minimum absolute atomic E-state index is 0.231. The number of nitrogens with zero attached hydrogens (tertiary/aromatic N) is 5.